The maximum atomic E-state index is 11.9. The fourth-order valence-corrected chi connectivity index (χ4v) is 2.32. The molecule has 6 nitrogen and oxygen atoms in total. The summed E-state index contributed by atoms with van der Waals surface area (Å²) in [5.41, 5.74) is 0.802. The Morgan fingerprint density at radius 1 is 1.04 bits per heavy atom. The standard InChI is InChI=1S/C18H12ClNO5/c19-13-6-7-14-12(8-13)9-15(25-14)18(23)24-10-16(21)20-17(22)11-4-2-1-3-5-11/h1-9H,10H2,(H,20,21,22). The number of furan rings is 1. The van der Waals surface area contributed by atoms with Gasteiger partial charge in [0.15, 0.2) is 6.61 Å². The molecule has 0 atom stereocenters. The first-order valence-electron chi connectivity index (χ1n) is 7.28. The van der Waals surface area contributed by atoms with Crippen LogP contribution in [0, 0.1) is 0 Å². The van der Waals surface area contributed by atoms with Gasteiger partial charge in [0.05, 0.1) is 0 Å². The van der Waals surface area contributed by atoms with Gasteiger partial charge in [-0.2, -0.15) is 0 Å². The molecule has 1 aromatic heterocycles. The molecule has 25 heavy (non-hydrogen) atoms. The molecule has 0 unspecified atom stereocenters. The summed E-state index contributed by atoms with van der Waals surface area (Å²) in [6, 6.07) is 14.6. The lowest BCUT2D eigenvalue weighted by molar-refractivity contribution is -0.123. The quantitative estimate of drug-likeness (QED) is 0.725. The van der Waals surface area contributed by atoms with Gasteiger partial charge in [-0.3, -0.25) is 14.9 Å². The van der Waals surface area contributed by atoms with Gasteiger partial charge in [0.2, 0.25) is 5.76 Å². The summed E-state index contributed by atoms with van der Waals surface area (Å²) in [4.78, 5) is 35.5. The maximum Gasteiger partial charge on any atom is 0.374 e. The van der Waals surface area contributed by atoms with Crippen molar-refractivity contribution in [1.82, 2.24) is 5.32 Å². The number of imide groups is 1. The molecule has 3 rings (SSSR count). The van der Waals surface area contributed by atoms with E-state index in [1.807, 2.05) is 0 Å². The number of hydrogen-bond acceptors (Lipinski definition) is 5. The lowest BCUT2D eigenvalue weighted by Crippen LogP contribution is -2.34. The Balaban J connectivity index is 1.57. The van der Waals surface area contributed by atoms with Gasteiger partial charge < -0.3 is 9.15 Å². The van der Waals surface area contributed by atoms with E-state index in [1.54, 1.807) is 48.5 Å². The second-order valence-electron chi connectivity index (χ2n) is 5.11. The van der Waals surface area contributed by atoms with Gasteiger partial charge in [-0.25, -0.2) is 4.79 Å². The average molecular weight is 358 g/mol. The van der Waals surface area contributed by atoms with Gasteiger partial charge in [0, 0.05) is 16.0 Å². The van der Waals surface area contributed by atoms with Crippen molar-refractivity contribution >= 4 is 40.4 Å². The number of ether oxygens (including phenoxy) is 1. The van der Waals surface area contributed by atoms with E-state index in [2.05, 4.69) is 5.32 Å². The second-order valence-corrected chi connectivity index (χ2v) is 5.55. The highest BCUT2D eigenvalue weighted by Crippen LogP contribution is 2.23. The number of fused-ring (bicyclic) bond motifs is 1. The fraction of sp³-hybridized carbons (Fsp3) is 0.0556. The van der Waals surface area contributed by atoms with Gasteiger partial charge in [-0.15, -0.1) is 0 Å². The summed E-state index contributed by atoms with van der Waals surface area (Å²) >= 11 is 5.87. The topological polar surface area (TPSA) is 85.6 Å². The van der Waals surface area contributed by atoms with E-state index in [0.717, 1.165) is 0 Å². The molecule has 2 amide bonds. The van der Waals surface area contributed by atoms with Crippen LogP contribution in [0.3, 0.4) is 0 Å². The van der Waals surface area contributed by atoms with Crippen molar-refractivity contribution in [3.63, 3.8) is 0 Å². The first-order valence-corrected chi connectivity index (χ1v) is 7.66. The zero-order valence-electron chi connectivity index (χ0n) is 12.8. The Bertz CT molecular complexity index is 949. The number of carbonyl (C=O) groups excluding carboxylic acids is 3. The molecule has 0 aliphatic heterocycles. The number of esters is 1. The molecule has 0 aliphatic rings. The molecular weight excluding hydrogens is 346 g/mol. The molecule has 0 saturated heterocycles. The molecule has 3 aromatic rings. The molecule has 0 radical (unpaired) electrons. The van der Waals surface area contributed by atoms with Crippen LogP contribution in [-0.2, 0) is 9.53 Å². The number of carbonyl (C=O) groups is 3. The molecule has 7 heteroatoms. The molecule has 0 fully saturated rings. The Labute approximate surface area is 147 Å². The van der Waals surface area contributed by atoms with E-state index >= 15 is 0 Å². The van der Waals surface area contributed by atoms with Crippen molar-refractivity contribution in [3.8, 4) is 0 Å². The lowest BCUT2D eigenvalue weighted by atomic mass is 10.2. The number of amides is 2. The average Bonchev–Trinajstić information content (AvgIpc) is 3.03. The molecule has 126 valence electrons. The third-order valence-corrected chi connectivity index (χ3v) is 3.54. The van der Waals surface area contributed by atoms with Gasteiger partial charge in [-0.05, 0) is 36.4 Å². The molecule has 0 aliphatic carbocycles. The highest BCUT2D eigenvalue weighted by atomic mass is 35.5. The summed E-state index contributed by atoms with van der Waals surface area (Å²) < 4.78 is 10.2. The van der Waals surface area contributed by atoms with Crippen molar-refractivity contribution in [2.45, 2.75) is 0 Å². The monoisotopic (exact) mass is 357 g/mol. The normalized spacial score (nSPS) is 10.4. The predicted octanol–water partition coefficient (Wildman–Crippen LogP) is 3.20. The van der Waals surface area contributed by atoms with Crippen molar-refractivity contribution in [2.24, 2.45) is 0 Å². The van der Waals surface area contributed by atoms with Crippen LogP contribution in [-0.4, -0.2) is 24.4 Å². The minimum atomic E-state index is -0.811. The van der Waals surface area contributed by atoms with E-state index in [4.69, 9.17) is 20.8 Å². The van der Waals surface area contributed by atoms with Crippen LogP contribution in [0.4, 0.5) is 0 Å². The number of nitrogens with one attached hydrogen (secondary N) is 1. The molecule has 1 N–H and O–H groups in total. The highest BCUT2D eigenvalue weighted by Gasteiger charge is 2.17. The van der Waals surface area contributed by atoms with Gasteiger partial charge in [0.1, 0.15) is 5.58 Å². The largest absolute Gasteiger partial charge is 0.450 e. The van der Waals surface area contributed by atoms with Crippen LogP contribution >= 0.6 is 11.6 Å². The van der Waals surface area contributed by atoms with E-state index in [0.29, 0.717) is 21.6 Å². The highest BCUT2D eigenvalue weighted by molar-refractivity contribution is 6.31. The molecule has 1 heterocycles. The van der Waals surface area contributed by atoms with Crippen molar-refractivity contribution < 1.29 is 23.5 Å². The molecule has 2 aromatic carbocycles. The summed E-state index contributed by atoms with van der Waals surface area (Å²) in [7, 11) is 0. The third-order valence-electron chi connectivity index (χ3n) is 3.30. The zero-order chi connectivity index (χ0) is 17.8. The van der Waals surface area contributed by atoms with Crippen LogP contribution in [0.15, 0.2) is 59.0 Å². The van der Waals surface area contributed by atoms with Crippen molar-refractivity contribution in [3.05, 3.63) is 70.9 Å². The minimum Gasteiger partial charge on any atom is -0.450 e. The first-order chi connectivity index (χ1) is 12.0. The van der Waals surface area contributed by atoms with E-state index in [1.165, 1.54) is 6.07 Å². The van der Waals surface area contributed by atoms with Crippen LogP contribution in [0.5, 0.6) is 0 Å². The number of halogens is 1. The van der Waals surface area contributed by atoms with Gasteiger partial charge in [0.25, 0.3) is 11.8 Å². The van der Waals surface area contributed by atoms with Gasteiger partial charge in [-0.1, -0.05) is 29.8 Å². The smallest absolute Gasteiger partial charge is 0.374 e. The van der Waals surface area contributed by atoms with E-state index < -0.39 is 24.4 Å². The Kier molecular flexibility index (Phi) is 4.81. The van der Waals surface area contributed by atoms with Crippen LogP contribution in [0.1, 0.15) is 20.9 Å². The number of rotatable bonds is 4. The van der Waals surface area contributed by atoms with Crippen LogP contribution in [0.2, 0.25) is 5.02 Å². The first kappa shape index (κ1) is 16.7. The Hall–Kier alpha value is -3.12. The fourth-order valence-electron chi connectivity index (χ4n) is 2.14. The lowest BCUT2D eigenvalue weighted by Gasteiger charge is -2.04. The molecule has 0 saturated carbocycles. The Morgan fingerprint density at radius 2 is 1.80 bits per heavy atom. The number of hydrogen-bond donors (Lipinski definition) is 1. The molecule has 0 bridgehead atoms. The Morgan fingerprint density at radius 3 is 2.56 bits per heavy atom. The number of benzene rings is 2. The molecule has 0 spiro atoms. The van der Waals surface area contributed by atoms with E-state index in [9.17, 15) is 14.4 Å². The second kappa shape index (κ2) is 7.19. The van der Waals surface area contributed by atoms with Crippen molar-refractivity contribution in [2.75, 3.05) is 6.61 Å². The summed E-state index contributed by atoms with van der Waals surface area (Å²) in [6.45, 7) is -0.602. The van der Waals surface area contributed by atoms with Gasteiger partial charge >= 0.3 is 5.97 Å². The minimum absolute atomic E-state index is 0.0561. The van der Waals surface area contributed by atoms with Crippen molar-refractivity contribution in [1.29, 1.82) is 0 Å². The zero-order valence-corrected chi connectivity index (χ0v) is 13.6. The SMILES string of the molecule is O=C(COC(=O)c1cc2cc(Cl)ccc2o1)NC(=O)c1ccccc1. The summed E-state index contributed by atoms with van der Waals surface area (Å²) in [6.07, 6.45) is 0. The summed E-state index contributed by atoms with van der Waals surface area (Å²) in [5.74, 6) is -2.17. The molecular formula is C18H12ClNO5. The van der Waals surface area contributed by atoms with Crippen LogP contribution in [0.25, 0.3) is 11.0 Å². The summed E-state index contributed by atoms with van der Waals surface area (Å²) in [5, 5.41) is 3.28. The third kappa shape index (κ3) is 4.05. The van der Waals surface area contributed by atoms with Crippen LogP contribution < -0.4 is 5.32 Å². The predicted molar refractivity (Wildman–Crippen MR) is 90.4 cm³/mol. The maximum absolute atomic E-state index is 11.9. The van der Waals surface area contributed by atoms with E-state index in [-0.39, 0.29) is 5.76 Å².